The second kappa shape index (κ2) is 5.12. The molecule has 0 aromatic rings. The molecule has 2 rings (SSSR count). The van der Waals surface area contributed by atoms with E-state index in [0.717, 1.165) is 12.8 Å². The summed E-state index contributed by atoms with van der Waals surface area (Å²) in [7, 11) is 0. The van der Waals surface area contributed by atoms with Gasteiger partial charge in [0, 0.05) is 6.54 Å². The molecule has 2 fully saturated rings. The van der Waals surface area contributed by atoms with Crippen molar-refractivity contribution in [3.63, 3.8) is 0 Å². The smallest absolute Gasteiger partial charge is 0.246 e. The molecule has 0 radical (unpaired) electrons. The number of carbonyl (C=O) groups excluding carboxylic acids is 2. The molecule has 2 amide bonds. The Kier molecular flexibility index (Phi) is 3.73. The number of hydrogen-bond donors (Lipinski definition) is 1. The molecule has 4 heteroatoms. The summed E-state index contributed by atoms with van der Waals surface area (Å²) in [5, 5.41) is 2.91. The monoisotopic (exact) mass is 250 g/mol. The van der Waals surface area contributed by atoms with Crippen LogP contribution in [0.15, 0.2) is 12.2 Å². The molecule has 0 bridgehead atoms. The average Bonchev–Trinajstić information content (AvgIpc) is 3.12. The van der Waals surface area contributed by atoms with Crippen LogP contribution in [0.1, 0.15) is 33.6 Å². The quantitative estimate of drug-likeness (QED) is 0.765. The molecule has 1 saturated carbocycles. The predicted molar refractivity (Wildman–Crippen MR) is 69.8 cm³/mol. The van der Waals surface area contributed by atoms with Crippen LogP contribution in [0.5, 0.6) is 0 Å². The molecule has 2 unspecified atom stereocenters. The van der Waals surface area contributed by atoms with Crippen LogP contribution in [0.25, 0.3) is 0 Å². The lowest BCUT2D eigenvalue weighted by Crippen LogP contribution is -2.65. The van der Waals surface area contributed by atoms with Crippen LogP contribution < -0.4 is 5.32 Å². The van der Waals surface area contributed by atoms with Gasteiger partial charge in [-0.3, -0.25) is 9.59 Å². The number of allylic oxidation sites excluding steroid dienone is 1. The van der Waals surface area contributed by atoms with Crippen LogP contribution in [0.4, 0.5) is 0 Å². The summed E-state index contributed by atoms with van der Waals surface area (Å²) in [6.45, 7) is 6.43. The van der Waals surface area contributed by atoms with Crippen LogP contribution in [0, 0.1) is 11.8 Å². The van der Waals surface area contributed by atoms with Crippen molar-refractivity contribution in [1.82, 2.24) is 10.2 Å². The van der Waals surface area contributed by atoms with Gasteiger partial charge in [0.2, 0.25) is 11.8 Å². The lowest BCUT2D eigenvalue weighted by Gasteiger charge is -2.40. The summed E-state index contributed by atoms with van der Waals surface area (Å²) >= 11 is 0. The SMILES string of the molecule is C/C=C/CN1C(=O)C(C2CC2)NC(=O)C1C(C)C. The number of hydrogen-bond acceptors (Lipinski definition) is 2. The second-order valence-corrected chi connectivity index (χ2v) is 5.57. The summed E-state index contributed by atoms with van der Waals surface area (Å²) in [5.41, 5.74) is 0. The van der Waals surface area contributed by atoms with Crippen molar-refractivity contribution in [1.29, 1.82) is 0 Å². The van der Waals surface area contributed by atoms with E-state index in [4.69, 9.17) is 0 Å². The Morgan fingerprint density at radius 1 is 1.39 bits per heavy atom. The minimum Gasteiger partial charge on any atom is -0.342 e. The fourth-order valence-corrected chi connectivity index (χ4v) is 2.59. The molecule has 0 aromatic heterocycles. The van der Waals surface area contributed by atoms with Crippen LogP contribution in [0.2, 0.25) is 0 Å². The van der Waals surface area contributed by atoms with Crippen molar-refractivity contribution in [2.24, 2.45) is 11.8 Å². The minimum atomic E-state index is -0.330. The van der Waals surface area contributed by atoms with Crippen molar-refractivity contribution in [3.05, 3.63) is 12.2 Å². The molecule has 1 aliphatic carbocycles. The number of nitrogens with zero attached hydrogens (tertiary/aromatic N) is 1. The van der Waals surface area contributed by atoms with Crippen LogP contribution in [-0.4, -0.2) is 35.3 Å². The van der Waals surface area contributed by atoms with Crippen molar-refractivity contribution in [2.45, 2.75) is 45.7 Å². The lowest BCUT2D eigenvalue weighted by atomic mass is 9.95. The zero-order chi connectivity index (χ0) is 13.3. The minimum absolute atomic E-state index is 0.00556. The maximum Gasteiger partial charge on any atom is 0.246 e. The first-order valence-corrected chi connectivity index (χ1v) is 6.78. The third-order valence-electron chi connectivity index (χ3n) is 3.71. The third kappa shape index (κ3) is 2.42. The lowest BCUT2D eigenvalue weighted by molar-refractivity contribution is -0.151. The van der Waals surface area contributed by atoms with E-state index in [9.17, 15) is 9.59 Å². The molecule has 1 aliphatic heterocycles. The fraction of sp³-hybridized carbons (Fsp3) is 0.714. The normalized spacial score (nSPS) is 29.2. The van der Waals surface area contributed by atoms with Gasteiger partial charge in [0.1, 0.15) is 12.1 Å². The summed E-state index contributed by atoms with van der Waals surface area (Å²) in [6, 6.07) is -0.610. The molecular formula is C14H22N2O2. The van der Waals surface area contributed by atoms with Crippen LogP contribution in [0.3, 0.4) is 0 Å². The van der Waals surface area contributed by atoms with Gasteiger partial charge in [0.15, 0.2) is 0 Å². The Hall–Kier alpha value is -1.32. The zero-order valence-corrected chi connectivity index (χ0v) is 11.3. The number of amides is 2. The highest BCUT2D eigenvalue weighted by molar-refractivity contribution is 5.97. The first-order valence-electron chi connectivity index (χ1n) is 6.78. The van der Waals surface area contributed by atoms with Crippen molar-refractivity contribution < 1.29 is 9.59 Å². The van der Waals surface area contributed by atoms with Gasteiger partial charge in [0.05, 0.1) is 0 Å². The molecule has 2 atom stereocenters. The molecule has 100 valence electrons. The summed E-state index contributed by atoms with van der Waals surface area (Å²) < 4.78 is 0. The van der Waals surface area contributed by atoms with E-state index in [1.165, 1.54) is 0 Å². The molecule has 0 aromatic carbocycles. The van der Waals surface area contributed by atoms with Gasteiger partial charge in [0.25, 0.3) is 0 Å². The van der Waals surface area contributed by atoms with Gasteiger partial charge in [-0.05, 0) is 31.6 Å². The topological polar surface area (TPSA) is 49.4 Å². The highest BCUT2D eigenvalue weighted by Crippen LogP contribution is 2.35. The average molecular weight is 250 g/mol. The predicted octanol–water partition coefficient (Wildman–Crippen LogP) is 1.32. The van der Waals surface area contributed by atoms with Crippen molar-refractivity contribution >= 4 is 11.8 Å². The van der Waals surface area contributed by atoms with Crippen molar-refractivity contribution in [2.75, 3.05) is 6.54 Å². The molecule has 0 spiro atoms. The van der Waals surface area contributed by atoms with Crippen LogP contribution >= 0.6 is 0 Å². The van der Waals surface area contributed by atoms with Gasteiger partial charge in [-0.1, -0.05) is 26.0 Å². The maximum absolute atomic E-state index is 12.5. The van der Waals surface area contributed by atoms with E-state index in [1.54, 1.807) is 4.90 Å². The molecule has 1 heterocycles. The largest absolute Gasteiger partial charge is 0.342 e. The Balaban J connectivity index is 2.20. The molecule has 2 aliphatic rings. The highest BCUT2D eigenvalue weighted by atomic mass is 16.2. The number of rotatable bonds is 4. The molecular weight excluding hydrogens is 228 g/mol. The summed E-state index contributed by atoms with van der Waals surface area (Å²) in [4.78, 5) is 26.4. The van der Waals surface area contributed by atoms with E-state index >= 15 is 0 Å². The number of carbonyl (C=O) groups is 2. The third-order valence-corrected chi connectivity index (χ3v) is 3.71. The van der Waals surface area contributed by atoms with E-state index in [1.807, 2.05) is 32.9 Å². The Bertz CT molecular complexity index is 372. The van der Waals surface area contributed by atoms with Gasteiger partial charge >= 0.3 is 0 Å². The van der Waals surface area contributed by atoms with Gasteiger partial charge in [-0.2, -0.15) is 0 Å². The van der Waals surface area contributed by atoms with Gasteiger partial charge < -0.3 is 10.2 Å². The van der Waals surface area contributed by atoms with E-state index in [0.29, 0.717) is 12.5 Å². The Labute approximate surface area is 108 Å². The van der Waals surface area contributed by atoms with E-state index < -0.39 is 0 Å². The number of piperazine rings is 1. The molecule has 1 N–H and O–H groups in total. The van der Waals surface area contributed by atoms with E-state index in [2.05, 4.69) is 5.32 Å². The maximum atomic E-state index is 12.5. The zero-order valence-electron chi connectivity index (χ0n) is 11.3. The first-order chi connectivity index (χ1) is 8.56. The molecule has 18 heavy (non-hydrogen) atoms. The molecule has 1 saturated heterocycles. The Morgan fingerprint density at radius 3 is 2.56 bits per heavy atom. The van der Waals surface area contributed by atoms with Crippen LogP contribution in [-0.2, 0) is 9.59 Å². The van der Waals surface area contributed by atoms with Crippen molar-refractivity contribution in [3.8, 4) is 0 Å². The molecule has 4 nitrogen and oxygen atoms in total. The Morgan fingerprint density at radius 2 is 2.06 bits per heavy atom. The number of nitrogens with one attached hydrogen (secondary N) is 1. The van der Waals surface area contributed by atoms with Gasteiger partial charge in [-0.15, -0.1) is 0 Å². The first kappa shape index (κ1) is 13.1. The van der Waals surface area contributed by atoms with Gasteiger partial charge in [-0.25, -0.2) is 0 Å². The fourth-order valence-electron chi connectivity index (χ4n) is 2.59. The second-order valence-electron chi connectivity index (χ2n) is 5.57. The summed E-state index contributed by atoms with van der Waals surface area (Å²) in [6.07, 6.45) is 5.97. The highest BCUT2D eigenvalue weighted by Gasteiger charge is 2.47. The van der Waals surface area contributed by atoms with E-state index in [-0.39, 0.29) is 29.8 Å². The standard InChI is InChI=1S/C14H22N2O2/c1-4-5-8-16-12(9(2)3)13(17)15-11(14(16)18)10-6-7-10/h4-5,9-12H,6-8H2,1-3H3,(H,15,17)/b5-4+. The summed E-state index contributed by atoms with van der Waals surface area (Å²) in [5.74, 6) is 0.599.